The molecule has 0 heterocycles. The molecule has 0 saturated heterocycles. The van der Waals surface area contributed by atoms with Gasteiger partial charge >= 0.3 is 0 Å². The minimum absolute atomic E-state index is 0.306. The maximum atomic E-state index is 10.1. The van der Waals surface area contributed by atoms with E-state index in [1.807, 2.05) is 38.2 Å². The molecule has 0 aliphatic carbocycles. The Bertz CT molecular complexity index is 323. The first kappa shape index (κ1) is 14.2. The highest BCUT2D eigenvalue weighted by molar-refractivity contribution is 5.23. The zero-order valence-corrected chi connectivity index (χ0v) is 11.2. The molecule has 0 spiro atoms. The van der Waals surface area contributed by atoms with Crippen molar-refractivity contribution in [2.75, 3.05) is 27.3 Å². The first-order chi connectivity index (χ1) is 8.04. The second-order valence-electron chi connectivity index (χ2n) is 4.67. The normalized spacial score (nSPS) is 14.9. The van der Waals surface area contributed by atoms with Gasteiger partial charge in [-0.25, -0.2) is 0 Å². The molecule has 0 amide bonds. The number of aryl methyl sites for hydroxylation is 1. The summed E-state index contributed by atoms with van der Waals surface area (Å²) >= 11 is 0. The van der Waals surface area contributed by atoms with Crippen molar-refractivity contribution in [2.24, 2.45) is 0 Å². The Labute approximate surface area is 104 Å². The average Bonchev–Trinajstić information content (AvgIpc) is 2.30. The molecule has 17 heavy (non-hydrogen) atoms. The fourth-order valence-electron chi connectivity index (χ4n) is 1.72. The first-order valence-corrected chi connectivity index (χ1v) is 5.98. The topological polar surface area (TPSA) is 32.7 Å². The Morgan fingerprint density at radius 1 is 1.29 bits per heavy atom. The van der Waals surface area contributed by atoms with Crippen LogP contribution >= 0.6 is 0 Å². The molecule has 1 aromatic rings. The number of methoxy groups -OCH3 is 1. The number of rotatable bonds is 6. The third kappa shape index (κ3) is 4.46. The van der Waals surface area contributed by atoms with Gasteiger partial charge in [0.25, 0.3) is 0 Å². The molecule has 0 aromatic heterocycles. The van der Waals surface area contributed by atoms with Crippen molar-refractivity contribution < 1.29 is 9.84 Å². The summed E-state index contributed by atoms with van der Waals surface area (Å²) in [6, 6.07) is 8.32. The summed E-state index contributed by atoms with van der Waals surface area (Å²) < 4.78 is 5.10. The maximum Gasteiger partial charge on any atom is 0.0916 e. The number of aliphatic hydroxyl groups is 1. The van der Waals surface area contributed by atoms with Gasteiger partial charge in [0.05, 0.1) is 12.7 Å². The van der Waals surface area contributed by atoms with Crippen molar-refractivity contribution in [1.82, 2.24) is 4.90 Å². The van der Waals surface area contributed by atoms with E-state index in [2.05, 4.69) is 11.8 Å². The Morgan fingerprint density at radius 3 is 2.41 bits per heavy atom. The Balaban J connectivity index is 2.53. The summed E-state index contributed by atoms with van der Waals surface area (Å²) in [5.74, 6) is 0. The standard InChI is InChI=1S/C14H23NO2/c1-11-5-7-13(8-6-11)14(16)9-15(3)12(2)10-17-4/h5-8,12,14,16H,9-10H2,1-4H3. The third-order valence-corrected chi connectivity index (χ3v) is 3.08. The molecule has 96 valence electrons. The van der Waals surface area contributed by atoms with Crippen molar-refractivity contribution in [3.05, 3.63) is 35.4 Å². The molecule has 3 nitrogen and oxygen atoms in total. The lowest BCUT2D eigenvalue weighted by Gasteiger charge is -2.26. The zero-order chi connectivity index (χ0) is 12.8. The summed E-state index contributed by atoms with van der Waals surface area (Å²) in [7, 11) is 3.70. The highest BCUT2D eigenvalue weighted by Gasteiger charge is 2.14. The van der Waals surface area contributed by atoms with E-state index in [1.165, 1.54) is 5.56 Å². The number of aliphatic hydroxyl groups excluding tert-OH is 1. The predicted octanol–water partition coefficient (Wildman–Crippen LogP) is 2.00. The summed E-state index contributed by atoms with van der Waals surface area (Å²) in [5, 5.41) is 10.1. The predicted molar refractivity (Wildman–Crippen MR) is 70.1 cm³/mol. The van der Waals surface area contributed by atoms with Gasteiger partial charge in [-0.2, -0.15) is 0 Å². The van der Waals surface area contributed by atoms with Gasteiger partial charge in [0.1, 0.15) is 0 Å². The first-order valence-electron chi connectivity index (χ1n) is 5.98. The van der Waals surface area contributed by atoms with Gasteiger partial charge in [0, 0.05) is 19.7 Å². The lowest BCUT2D eigenvalue weighted by atomic mass is 10.1. The van der Waals surface area contributed by atoms with Crippen LogP contribution in [0.2, 0.25) is 0 Å². The molecular weight excluding hydrogens is 214 g/mol. The van der Waals surface area contributed by atoms with Gasteiger partial charge in [0.2, 0.25) is 0 Å². The fourth-order valence-corrected chi connectivity index (χ4v) is 1.72. The van der Waals surface area contributed by atoms with Crippen LogP contribution in [0.25, 0.3) is 0 Å². The lowest BCUT2D eigenvalue weighted by molar-refractivity contribution is 0.0709. The van der Waals surface area contributed by atoms with Gasteiger partial charge in [-0.1, -0.05) is 29.8 Å². The van der Waals surface area contributed by atoms with E-state index in [-0.39, 0.29) is 0 Å². The van der Waals surface area contributed by atoms with Crippen LogP contribution in [0.1, 0.15) is 24.2 Å². The van der Waals surface area contributed by atoms with Gasteiger partial charge in [0.15, 0.2) is 0 Å². The summed E-state index contributed by atoms with van der Waals surface area (Å²) in [5.41, 5.74) is 2.18. The Kier molecular flexibility index (Phi) is 5.62. The molecule has 0 aliphatic rings. The van der Waals surface area contributed by atoms with Crippen molar-refractivity contribution in [3.8, 4) is 0 Å². The average molecular weight is 237 g/mol. The van der Waals surface area contributed by atoms with Crippen molar-refractivity contribution in [2.45, 2.75) is 26.0 Å². The molecule has 1 N–H and O–H groups in total. The molecule has 1 rings (SSSR count). The van der Waals surface area contributed by atoms with E-state index in [0.717, 1.165) is 5.56 Å². The van der Waals surface area contributed by atoms with Crippen LogP contribution in [0.4, 0.5) is 0 Å². The molecular formula is C14H23NO2. The zero-order valence-electron chi connectivity index (χ0n) is 11.2. The molecule has 2 atom stereocenters. The summed E-state index contributed by atoms with van der Waals surface area (Å²) in [6.07, 6.45) is -0.445. The van der Waals surface area contributed by atoms with Gasteiger partial charge < -0.3 is 9.84 Å². The van der Waals surface area contributed by atoms with Crippen molar-refractivity contribution in [1.29, 1.82) is 0 Å². The number of nitrogens with zero attached hydrogens (tertiary/aromatic N) is 1. The Morgan fingerprint density at radius 2 is 1.88 bits per heavy atom. The summed E-state index contributed by atoms with van der Waals surface area (Å²) in [4.78, 5) is 2.11. The highest BCUT2D eigenvalue weighted by atomic mass is 16.5. The van der Waals surface area contributed by atoms with E-state index in [4.69, 9.17) is 4.74 Å². The number of likely N-dealkylation sites (N-methyl/N-ethyl adjacent to an activating group) is 1. The molecule has 0 saturated carbocycles. The van der Waals surface area contributed by atoms with E-state index >= 15 is 0 Å². The molecule has 0 radical (unpaired) electrons. The maximum absolute atomic E-state index is 10.1. The quantitative estimate of drug-likeness (QED) is 0.821. The van der Waals surface area contributed by atoms with Gasteiger partial charge in [-0.15, -0.1) is 0 Å². The second kappa shape index (κ2) is 6.74. The highest BCUT2D eigenvalue weighted by Crippen LogP contribution is 2.15. The van der Waals surface area contributed by atoms with Crippen LogP contribution < -0.4 is 0 Å². The van der Waals surface area contributed by atoms with Crippen LogP contribution in [-0.2, 0) is 4.74 Å². The van der Waals surface area contributed by atoms with Crippen LogP contribution in [0, 0.1) is 6.92 Å². The number of hydrogen-bond donors (Lipinski definition) is 1. The van der Waals surface area contributed by atoms with Gasteiger partial charge in [-0.3, -0.25) is 4.90 Å². The van der Waals surface area contributed by atoms with Gasteiger partial charge in [-0.05, 0) is 26.5 Å². The number of ether oxygens (including phenoxy) is 1. The lowest BCUT2D eigenvalue weighted by Crippen LogP contribution is -2.35. The molecule has 1 aromatic carbocycles. The third-order valence-electron chi connectivity index (χ3n) is 3.08. The molecule has 0 fully saturated rings. The minimum Gasteiger partial charge on any atom is -0.387 e. The Hall–Kier alpha value is -0.900. The van der Waals surface area contributed by atoms with Crippen LogP contribution in [0.15, 0.2) is 24.3 Å². The molecule has 0 bridgehead atoms. The summed E-state index contributed by atoms with van der Waals surface area (Å²) in [6.45, 7) is 5.43. The SMILES string of the molecule is COCC(C)N(C)CC(O)c1ccc(C)cc1. The van der Waals surface area contributed by atoms with E-state index in [0.29, 0.717) is 19.2 Å². The largest absolute Gasteiger partial charge is 0.387 e. The number of hydrogen-bond acceptors (Lipinski definition) is 3. The smallest absolute Gasteiger partial charge is 0.0916 e. The minimum atomic E-state index is -0.445. The monoisotopic (exact) mass is 237 g/mol. The van der Waals surface area contributed by atoms with Crippen LogP contribution in [-0.4, -0.2) is 43.4 Å². The van der Waals surface area contributed by atoms with Crippen molar-refractivity contribution in [3.63, 3.8) is 0 Å². The van der Waals surface area contributed by atoms with E-state index in [1.54, 1.807) is 7.11 Å². The molecule has 3 heteroatoms. The molecule has 2 unspecified atom stereocenters. The van der Waals surface area contributed by atoms with Crippen LogP contribution in [0.3, 0.4) is 0 Å². The van der Waals surface area contributed by atoms with Crippen LogP contribution in [0.5, 0.6) is 0 Å². The second-order valence-corrected chi connectivity index (χ2v) is 4.67. The van der Waals surface area contributed by atoms with Crippen molar-refractivity contribution >= 4 is 0 Å². The fraction of sp³-hybridized carbons (Fsp3) is 0.571. The van der Waals surface area contributed by atoms with E-state index < -0.39 is 6.10 Å². The van der Waals surface area contributed by atoms with E-state index in [9.17, 15) is 5.11 Å². The number of benzene rings is 1. The molecule has 0 aliphatic heterocycles.